The molecule has 0 aromatic rings. The van der Waals surface area contributed by atoms with Crippen molar-refractivity contribution in [3.8, 4) is 0 Å². The highest BCUT2D eigenvalue weighted by atomic mass is 16.6. The number of hydroxylamine groups is 1. The Labute approximate surface area is 53.6 Å². The summed E-state index contributed by atoms with van der Waals surface area (Å²) in [5.41, 5.74) is 0. The van der Waals surface area contributed by atoms with E-state index < -0.39 is 0 Å². The zero-order valence-electron chi connectivity index (χ0n) is 5.53. The van der Waals surface area contributed by atoms with Crippen molar-refractivity contribution >= 4 is 5.91 Å². The van der Waals surface area contributed by atoms with Gasteiger partial charge in [0.25, 0.3) is 0 Å². The number of hydrazine groups is 1. The Hall–Kier alpha value is -0.610. The predicted molar refractivity (Wildman–Crippen MR) is 30.4 cm³/mol. The fourth-order valence-corrected chi connectivity index (χ4v) is 0.878. The van der Waals surface area contributed by atoms with E-state index in [1.807, 2.05) is 0 Å². The Bertz CT molecular complexity index is 137. The second kappa shape index (κ2) is 1.97. The van der Waals surface area contributed by atoms with Gasteiger partial charge in [0.15, 0.2) is 0 Å². The van der Waals surface area contributed by atoms with Gasteiger partial charge in [0, 0.05) is 7.05 Å². The average Bonchev–Trinajstić information content (AvgIpc) is 1.98. The van der Waals surface area contributed by atoms with Crippen LogP contribution < -0.4 is 0 Å². The zero-order chi connectivity index (χ0) is 7.02. The summed E-state index contributed by atoms with van der Waals surface area (Å²) >= 11 is 0. The molecule has 0 saturated carbocycles. The Morgan fingerprint density at radius 3 is 2.44 bits per heavy atom. The van der Waals surface area contributed by atoms with Crippen LogP contribution in [-0.2, 0) is 4.79 Å². The largest absolute Gasteiger partial charge is 0.294 e. The normalized spacial score (nSPS) is 29.9. The fourth-order valence-electron chi connectivity index (χ4n) is 0.878. The van der Waals surface area contributed by atoms with E-state index in [2.05, 4.69) is 0 Å². The van der Waals surface area contributed by atoms with Crippen molar-refractivity contribution in [3.05, 3.63) is 0 Å². The Morgan fingerprint density at radius 2 is 2.33 bits per heavy atom. The van der Waals surface area contributed by atoms with E-state index in [0.717, 1.165) is 5.17 Å². The first-order chi connectivity index (χ1) is 4.13. The number of nitrogens with zero attached hydrogens (tertiary/aromatic N) is 2. The second-order valence-electron chi connectivity index (χ2n) is 2.32. The van der Waals surface area contributed by atoms with Gasteiger partial charge in [-0.05, 0) is 0 Å². The highest BCUT2D eigenvalue weighted by Gasteiger charge is 2.31. The minimum Gasteiger partial charge on any atom is -0.294 e. The SMILES string of the molecule is CC1CN(O)N(C)C1=O. The lowest BCUT2D eigenvalue weighted by atomic mass is 10.2. The van der Waals surface area contributed by atoms with E-state index in [1.54, 1.807) is 14.0 Å². The van der Waals surface area contributed by atoms with Crippen molar-refractivity contribution in [1.29, 1.82) is 0 Å². The molecule has 1 heterocycles. The maximum atomic E-state index is 10.8. The van der Waals surface area contributed by atoms with E-state index >= 15 is 0 Å². The average molecular weight is 130 g/mol. The molecular formula is C5H10N2O2. The van der Waals surface area contributed by atoms with Gasteiger partial charge in [-0.1, -0.05) is 12.1 Å². The fraction of sp³-hybridized carbons (Fsp3) is 0.800. The van der Waals surface area contributed by atoms with Crippen LogP contribution in [0.4, 0.5) is 0 Å². The molecule has 1 saturated heterocycles. The maximum Gasteiger partial charge on any atom is 0.242 e. The molecule has 0 spiro atoms. The van der Waals surface area contributed by atoms with E-state index in [1.165, 1.54) is 5.01 Å². The molecule has 1 rings (SSSR count). The van der Waals surface area contributed by atoms with Crippen LogP contribution in [0.5, 0.6) is 0 Å². The molecule has 1 fully saturated rings. The van der Waals surface area contributed by atoms with Crippen LogP contribution in [0.1, 0.15) is 6.92 Å². The summed E-state index contributed by atoms with van der Waals surface area (Å²) in [6, 6.07) is 0. The summed E-state index contributed by atoms with van der Waals surface area (Å²) in [6.45, 7) is 2.20. The van der Waals surface area contributed by atoms with Gasteiger partial charge in [-0.2, -0.15) is 0 Å². The van der Waals surface area contributed by atoms with Crippen LogP contribution in [0.2, 0.25) is 0 Å². The predicted octanol–water partition coefficient (Wildman–Crippen LogP) is -0.299. The molecule has 0 aromatic carbocycles. The molecule has 1 N–H and O–H groups in total. The van der Waals surface area contributed by atoms with Crippen LogP contribution in [0.25, 0.3) is 0 Å². The first-order valence-corrected chi connectivity index (χ1v) is 2.87. The van der Waals surface area contributed by atoms with Gasteiger partial charge in [0.2, 0.25) is 5.91 Å². The van der Waals surface area contributed by atoms with Crippen molar-refractivity contribution < 1.29 is 10.0 Å². The third-order valence-corrected chi connectivity index (χ3v) is 1.52. The number of carbonyl (C=O) groups is 1. The lowest BCUT2D eigenvalue weighted by molar-refractivity contribution is -0.208. The first-order valence-electron chi connectivity index (χ1n) is 2.87. The molecule has 1 aliphatic heterocycles. The van der Waals surface area contributed by atoms with Crippen LogP contribution in [-0.4, -0.2) is 34.9 Å². The Balaban J connectivity index is 2.65. The smallest absolute Gasteiger partial charge is 0.242 e. The van der Waals surface area contributed by atoms with Crippen LogP contribution in [0.15, 0.2) is 0 Å². The first kappa shape index (κ1) is 6.51. The van der Waals surface area contributed by atoms with Crippen molar-refractivity contribution in [1.82, 2.24) is 10.2 Å². The Morgan fingerprint density at radius 1 is 1.78 bits per heavy atom. The highest BCUT2D eigenvalue weighted by molar-refractivity contribution is 5.79. The molecule has 1 atom stereocenters. The van der Waals surface area contributed by atoms with Gasteiger partial charge in [-0.15, -0.1) is 0 Å². The van der Waals surface area contributed by atoms with Gasteiger partial charge in [0.05, 0.1) is 12.5 Å². The summed E-state index contributed by atoms with van der Waals surface area (Å²) in [6.07, 6.45) is 0. The Kier molecular flexibility index (Phi) is 1.42. The van der Waals surface area contributed by atoms with Crippen LogP contribution >= 0.6 is 0 Å². The van der Waals surface area contributed by atoms with E-state index in [-0.39, 0.29) is 11.8 Å². The molecule has 1 amide bonds. The number of hydrogen-bond acceptors (Lipinski definition) is 3. The molecule has 4 nitrogen and oxygen atoms in total. The monoisotopic (exact) mass is 130 g/mol. The molecule has 0 bridgehead atoms. The molecule has 1 unspecified atom stereocenters. The molecule has 0 aliphatic carbocycles. The summed E-state index contributed by atoms with van der Waals surface area (Å²) in [4.78, 5) is 10.8. The summed E-state index contributed by atoms with van der Waals surface area (Å²) in [5.74, 6) is -0.0995. The standard InChI is InChI=1S/C5H10N2O2/c1-4-3-7(9)6(2)5(4)8/h4,9H,3H2,1-2H3. The molecular weight excluding hydrogens is 120 g/mol. The lowest BCUT2D eigenvalue weighted by Crippen LogP contribution is -2.32. The van der Waals surface area contributed by atoms with E-state index in [9.17, 15) is 4.79 Å². The van der Waals surface area contributed by atoms with Gasteiger partial charge in [-0.25, -0.2) is 0 Å². The van der Waals surface area contributed by atoms with Crippen molar-refractivity contribution in [2.75, 3.05) is 13.6 Å². The van der Waals surface area contributed by atoms with Crippen molar-refractivity contribution in [2.45, 2.75) is 6.92 Å². The zero-order valence-corrected chi connectivity index (χ0v) is 5.53. The van der Waals surface area contributed by atoms with E-state index in [0.29, 0.717) is 6.54 Å². The topological polar surface area (TPSA) is 43.8 Å². The quantitative estimate of drug-likeness (QED) is 0.489. The molecule has 4 heteroatoms. The molecule has 52 valence electrons. The molecule has 0 radical (unpaired) electrons. The van der Waals surface area contributed by atoms with Gasteiger partial charge in [0.1, 0.15) is 0 Å². The molecule has 1 aliphatic rings. The van der Waals surface area contributed by atoms with Crippen molar-refractivity contribution in [2.24, 2.45) is 5.92 Å². The lowest BCUT2D eigenvalue weighted by Gasteiger charge is -2.14. The third-order valence-electron chi connectivity index (χ3n) is 1.52. The molecule has 0 aromatic heterocycles. The maximum absolute atomic E-state index is 10.8. The number of carbonyl (C=O) groups excluding carboxylic acids is 1. The van der Waals surface area contributed by atoms with Crippen LogP contribution in [0, 0.1) is 5.92 Å². The van der Waals surface area contributed by atoms with Crippen molar-refractivity contribution in [3.63, 3.8) is 0 Å². The summed E-state index contributed by atoms with van der Waals surface area (Å²) in [5, 5.41) is 11.0. The third kappa shape index (κ3) is 0.906. The minimum atomic E-state index is -0.0694. The summed E-state index contributed by atoms with van der Waals surface area (Å²) in [7, 11) is 1.55. The molecule has 9 heavy (non-hydrogen) atoms. The van der Waals surface area contributed by atoms with Crippen LogP contribution in [0.3, 0.4) is 0 Å². The second-order valence-corrected chi connectivity index (χ2v) is 2.32. The number of hydrogen-bond donors (Lipinski definition) is 1. The minimum absolute atomic E-state index is 0.0301. The van der Waals surface area contributed by atoms with Gasteiger partial charge < -0.3 is 0 Å². The van der Waals surface area contributed by atoms with Gasteiger partial charge >= 0.3 is 0 Å². The van der Waals surface area contributed by atoms with E-state index in [4.69, 9.17) is 5.21 Å². The highest BCUT2D eigenvalue weighted by Crippen LogP contribution is 2.12. The number of rotatable bonds is 0. The van der Waals surface area contributed by atoms with Gasteiger partial charge in [-0.3, -0.25) is 15.0 Å². The summed E-state index contributed by atoms with van der Waals surface area (Å²) < 4.78 is 0. The number of amides is 1.